The van der Waals surface area contributed by atoms with E-state index in [2.05, 4.69) is 53.4 Å². The van der Waals surface area contributed by atoms with Gasteiger partial charge in [-0.25, -0.2) is 0 Å². The molecule has 3 aliphatic rings. The van der Waals surface area contributed by atoms with Crippen LogP contribution in [0, 0.1) is 0 Å². The standard InChI is InChI=1S/C27H36N2OS/c30-23(19-28(21-11-3-1-4-12-21)22-13-5-2-6-14-22)20-29-24-15-7-9-17-26(24)31-27-18-10-8-16-25(27)29/h7-10,15-18,21-23,30H,1-6,11-14,19-20H2/p+1. The van der Waals surface area contributed by atoms with Crippen molar-refractivity contribution in [2.45, 2.75) is 92.2 Å². The fourth-order valence-electron chi connectivity index (χ4n) is 6.14. The van der Waals surface area contributed by atoms with Crippen LogP contribution in [-0.4, -0.2) is 36.4 Å². The number of para-hydroxylation sites is 2. The molecule has 0 saturated heterocycles. The van der Waals surface area contributed by atoms with Crippen molar-refractivity contribution in [2.75, 3.05) is 18.0 Å². The van der Waals surface area contributed by atoms with Gasteiger partial charge in [0.15, 0.2) is 0 Å². The molecule has 31 heavy (non-hydrogen) atoms. The Kier molecular flexibility index (Phi) is 6.87. The average Bonchev–Trinajstić information content (AvgIpc) is 2.83. The molecule has 0 amide bonds. The Morgan fingerprint density at radius 2 is 1.26 bits per heavy atom. The van der Waals surface area contributed by atoms with Crippen molar-refractivity contribution in [2.24, 2.45) is 0 Å². The second-order valence-corrected chi connectivity index (χ2v) is 10.8. The Bertz CT molecular complexity index is 796. The maximum atomic E-state index is 11.4. The monoisotopic (exact) mass is 437 g/mol. The molecule has 2 aromatic carbocycles. The fourth-order valence-corrected chi connectivity index (χ4v) is 7.23. The summed E-state index contributed by atoms with van der Waals surface area (Å²) in [6.45, 7) is 1.57. The minimum Gasteiger partial charge on any atom is -0.385 e. The third-order valence-electron chi connectivity index (χ3n) is 7.66. The molecule has 2 aromatic rings. The van der Waals surface area contributed by atoms with E-state index in [9.17, 15) is 5.11 Å². The minimum absolute atomic E-state index is 0.317. The summed E-state index contributed by atoms with van der Waals surface area (Å²) < 4.78 is 0. The first-order valence-electron chi connectivity index (χ1n) is 12.5. The Morgan fingerprint density at radius 1 is 0.774 bits per heavy atom. The van der Waals surface area contributed by atoms with Gasteiger partial charge in [-0.2, -0.15) is 0 Å². The first-order valence-corrected chi connectivity index (χ1v) is 13.3. The Balaban J connectivity index is 1.35. The quantitative estimate of drug-likeness (QED) is 0.650. The molecule has 3 nitrogen and oxygen atoms in total. The maximum absolute atomic E-state index is 11.4. The number of fused-ring (bicyclic) bond motifs is 2. The van der Waals surface area contributed by atoms with E-state index in [1.54, 1.807) is 4.90 Å². The zero-order valence-corrected chi connectivity index (χ0v) is 19.5. The molecule has 4 heteroatoms. The van der Waals surface area contributed by atoms with Gasteiger partial charge in [0.1, 0.15) is 12.6 Å². The summed E-state index contributed by atoms with van der Waals surface area (Å²) in [5, 5.41) is 11.4. The van der Waals surface area contributed by atoms with Crippen LogP contribution in [0.1, 0.15) is 64.2 Å². The van der Waals surface area contributed by atoms with E-state index in [1.165, 1.54) is 85.4 Å². The fraction of sp³-hybridized carbons (Fsp3) is 0.556. The summed E-state index contributed by atoms with van der Waals surface area (Å²) >= 11 is 1.84. The first-order chi connectivity index (χ1) is 15.3. The van der Waals surface area contributed by atoms with Crippen molar-refractivity contribution >= 4 is 23.1 Å². The molecule has 0 aromatic heterocycles. The third-order valence-corrected chi connectivity index (χ3v) is 8.79. The highest BCUT2D eigenvalue weighted by Gasteiger charge is 2.35. The SMILES string of the molecule is OC(CN1c2ccccc2Sc2ccccc21)C[NH+](C1CCCCC1)C1CCCCC1. The van der Waals surface area contributed by atoms with Crippen molar-refractivity contribution in [3.63, 3.8) is 0 Å². The lowest BCUT2D eigenvalue weighted by Crippen LogP contribution is -3.20. The molecule has 0 spiro atoms. The zero-order valence-electron chi connectivity index (χ0n) is 18.6. The number of nitrogens with one attached hydrogen (secondary N) is 1. The van der Waals surface area contributed by atoms with Gasteiger partial charge in [-0.1, -0.05) is 48.9 Å². The summed E-state index contributed by atoms with van der Waals surface area (Å²) in [5.74, 6) is 0. The van der Waals surface area contributed by atoms with E-state index in [0.717, 1.165) is 18.6 Å². The first kappa shape index (κ1) is 21.4. The highest BCUT2D eigenvalue weighted by molar-refractivity contribution is 7.99. The summed E-state index contributed by atoms with van der Waals surface area (Å²) in [4.78, 5) is 6.67. The highest BCUT2D eigenvalue weighted by Crippen LogP contribution is 2.47. The van der Waals surface area contributed by atoms with Gasteiger partial charge in [-0.15, -0.1) is 0 Å². The number of rotatable bonds is 6. The molecule has 0 radical (unpaired) electrons. The Morgan fingerprint density at radius 3 is 1.77 bits per heavy atom. The Hall–Kier alpha value is -1.49. The number of hydrogen-bond acceptors (Lipinski definition) is 3. The molecule has 1 aliphatic heterocycles. The summed E-state index contributed by atoms with van der Waals surface area (Å²) in [6, 6.07) is 18.8. The highest BCUT2D eigenvalue weighted by atomic mass is 32.2. The second-order valence-electron chi connectivity index (χ2n) is 9.75. The molecule has 2 fully saturated rings. The molecule has 2 saturated carbocycles. The molecule has 0 bridgehead atoms. The van der Waals surface area contributed by atoms with Crippen LogP contribution in [0.5, 0.6) is 0 Å². The van der Waals surface area contributed by atoms with Gasteiger partial charge in [0.05, 0.1) is 30.0 Å². The summed E-state index contributed by atoms with van der Waals surface area (Å²) in [7, 11) is 0. The molecule has 1 atom stereocenters. The minimum atomic E-state index is -0.317. The van der Waals surface area contributed by atoms with E-state index in [0.29, 0.717) is 6.54 Å². The molecule has 2 N–H and O–H groups in total. The van der Waals surface area contributed by atoms with Crippen LogP contribution < -0.4 is 9.80 Å². The predicted octanol–water partition coefficient (Wildman–Crippen LogP) is 5.20. The number of aliphatic hydroxyl groups is 1. The molecular formula is C27H37N2OS+. The smallest absolute Gasteiger partial charge is 0.121 e. The lowest BCUT2D eigenvalue weighted by molar-refractivity contribution is -0.954. The Labute approximate surface area is 191 Å². The summed E-state index contributed by atoms with van der Waals surface area (Å²) in [5.41, 5.74) is 2.48. The second kappa shape index (κ2) is 9.97. The predicted molar refractivity (Wildman–Crippen MR) is 130 cm³/mol. The topological polar surface area (TPSA) is 27.9 Å². The third kappa shape index (κ3) is 4.81. The van der Waals surface area contributed by atoms with E-state index in [4.69, 9.17) is 0 Å². The number of β-amino-alcohol motifs (C(OH)–C–C–N with tert-alkyl or cyclic N) is 1. The zero-order chi connectivity index (χ0) is 21.0. The van der Waals surface area contributed by atoms with Crippen molar-refractivity contribution < 1.29 is 10.0 Å². The van der Waals surface area contributed by atoms with Crippen molar-refractivity contribution in [1.29, 1.82) is 0 Å². The van der Waals surface area contributed by atoms with E-state index >= 15 is 0 Å². The van der Waals surface area contributed by atoms with Gasteiger partial charge in [-0.05, 0) is 75.6 Å². The van der Waals surface area contributed by atoms with Gasteiger partial charge in [0.2, 0.25) is 0 Å². The summed E-state index contributed by atoms with van der Waals surface area (Å²) in [6.07, 6.45) is 13.4. The largest absolute Gasteiger partial charge is 0.385 e. The van der Waals surface area contributed by atoms with Crippen molar-refractivity contribution in [3.8, 4) is 0 Å². The lowest BCUT2D eigenvalue weighted by Gasteiger charge is -2.41. The number of anilines is 2. The van der Waals surface area contributed by atoms with Gasteiger partial charge < -0.3 is 14.9 Å². The number of quaternary nitrogens is 1. The van der Waals surface area contributed by atoms with Crippen LogP contribution in [0.15, 0.2) is 58.3 Å². The number of benzene rings is 2. The molecule has 5 rings (SSSR count). The molecule has 166 valence electrons. The van der Waals surface area contributed by atoms with Crippen LogP contribution >= 0.6 is 11.8 Å². The normalized spacial score (nSPS) is 21.0. The molecule has 1 heterocycles. The van der Waals surface area contributed by atoms with E-state index in [-0.39, 0.29) is 6.10 Å². The van der Waals surface area contributed by atoms with Crippen molar-refractivity contribution in [3.05, 3.63) is 48.5 Å². The molecular weight excluding hydrogens is 400 g/mol. The number of hydrogen-bond donors (Lipinski definition) is 2. The van der Waals surface area contributed by atoms with Gasteiger partial charge >= 0.3 is 0 Å². The lowest BCUT2D eigenvalue weighted by atomic mass is 9.88. The maximum Gasteiger partial charge on any atom is 0.121 e. The van der Waals surface area contributed by atoms with Crippen LogP contribution in [0.4, 0.5) is 11.4 Å². The number of nitrogens with zero attached hydrogens (tertiary/aromatic N) is 1. The van der Waals surface area contributed by atoms with Gasteiger partial charge in [0, 0.05) is 9.79 Å². The molecule has 2 aliphatic carbocycles. The van der Waals surface area contributed by atoms with Crippen LogP contribution in [0.2, 0.25) is 0 Å². The van der Waals surface area contributed by atoms with Gasteiger partial charge in [0.25, 0.3) is 0 Å². The van der Waals surface area contributed by atoms with Crippen LogP contribution in [-0.2, 0) is 0 Å². The molecule has 1 unspecified atom stereocenters. The van der Waals surface area contributed by atoms with Crippen LogP contribution in [0.25, 0.3) is 0 Å². The van der Waals surface area contributed by atoms with E-state index in [1.807, 2.05) is 11.8 Å². The van der Waals surface area contributed by atoms with Crippen LogP contribution in [0.3, 0.4) is 0 Å². The average molecular weight is 438 g/mol. The van der Waals surface area contributed by atoms with Gasteiger partial charge in [-0.3, -0.25) is 0 Å². The van der Waals surface area contributed by atoms with E-state index < -0.39 is 0 Å². The van der Waals surface area contributed by atoms with Crippen molar-refractivity contribution in [1.82, 2.24) is 0 Å². The number of aliphatic hydroxyl groups excluding tert-OH is 1.